The van der Waals surface area contributed by atoms with Gasteiger partial charge in [-0.2, -0.15) is 0 Å². The van der Waals surface area contributed by atoms with E-state index in [4.69, 9.17) is 0 Å². The lowest BCUT2D eigenvalue weighted by molar-refractivity contribution is -0.0255. The molecule has 1 amide bonds. The molecule has 0 bridgehead atoms. The van der Waals surface area contributed by atoms with Crippen molar-refractivity contribution >= 4 is 5.91 Å². The van der Waals surface area contributed by atoms with E-state index >= 15 is 0 Å². The van der Waals surface area contributed by atoms with Gasteiger partial charge in [0.05, 0.1) is 5.60 Å². The molecule has 1 fully saturated rings. The molecule has 1 saturated heterocycles. The second-order valence-electron chi connectivity index (χ2n) is 6.65. The molecular weight excluding hydrogens is 338 g/mol. The normalized spacial score (nSPS) is 17.0. The van der Waals surface area contributed by atoms with Crippen LogP contribution >= 0.6 is 0 Å². The molecule has 0 aliphatic carbocycles. The Morgan fingerprint density at radius 2 is 1.77 bits per heavy atom. The third kappa shape index (κ3) is 4.45. The number of piperidine rings is 1. The van der Waals surface area contributed by atoms with Crippen molar-refractivity contribution in [1.29, 1.82) is 0 Å². The van der Waals surface area contributed by atoms with Crippen LogP contribution in [0.15, 0.2) is 48.5 Å². The van der Waals surface area contributed by atoms with Crippen LogP contribution in [0.1, 0.15) is 28.8 Å². The van der Waals surface area contributed by atoms with E-state index in [1.807, 2.05) is 0 Å². The minimum absolute atomic E-state index is 0.300. The molecule has 0 radical (unpaired) electrons. The van der Waals surface area contributed by atoms with Crippen molar-refractivity contribution in [1.82, 2.24) is 10.2 Å². The van der Waals surface area contributed by atoms with Gasteiger partial charge < -0.3 is 15.3 Å². The Hall–Kier alpha value is -2.31. The highest BCUT2D eigenvalue weighted by Gasteiger charge is 2.33. The summed E-state index contributed by atoms with van der Waals surface area (Å²) in [5.41, 5.74) is 0.0990. The Kier molecular flexibility index (Phi) is 5.64. The highest BCUT2D eigenvalue weighted by Crippen LogP contribution is 2.32. The van der Waals surface area contributed by atoms with E-state index in [-0.39, 0.29) is 11.7 Å². The molecule has 1 heterocycles. The predicted molar refractivity (Wildman–Crippen MR) is 94.7 cm³/mol. The molecule has 3 rings (SSSR count). The first-order valence-corrected chi connectivity index (χ1v) is 8.71. The zero-order valence-corrected chi connectivity index (χ0v) is 14.4. The van der Waals surface area contributed by atoms with E-state index in [9.17, 15) is 18.7 Å². The van der Waals surface area contributed by atoms with Gasteiger partial charge in [-0.25, -0.2) is 8.78 Å². The summed E-state index contributed by atoms with van der Waals surface area (Å²) in [5, 5.41) is 13.6. The molecule has 138 valence electrons. The Balaban J connectivity index is 1.45. The van der Waals surface area contributed by atoms with Crippen molar-refractivity contribution in [3.05, 3.63) is 71.3 Å². The smallest absolute Gasteiger partial charge is 0.251 e. The summed E-state index contributed by atoms with van der Waals surface area (Å²) >= 11 is 0. The molecule has 0 spiro atoms. The second kappa shape index (κ2) is 7.93. The molecule has 4 nitrogen and oxygen atoms in total. The number of rotatable bonds is 5. The van der Waals surface area contributed by atoms with Crippen LogP contribution in [0.25, 0.3) is 0 Å². The molecule has 6 heteroatoms. The maximum atomic E-state index is 13.1. The van der Waals surface area contributed by atoms with E-state index in [0.717, 1.165) is 5.56 Å². The topological polar surface area (TPSA) is 52.6 Å². The number of benzene rings is 2. The third-order valence-electron chi connectivity index (χ3n) is 4.87. The number of likely N-dealkylation sites (tertiary alicyclic amines) is 1. The quantitative estimate of drug-likeness (QED) is 0.862. The van der Waals surface area contributed by atoms with Gasteiger partial charge in [0.15, 0.2) is 0 Å². The van der Waals surface area contributed by atoms with Gasteiger partial charge in [-0.15, -0.1) is 0 Å². The summed E-state index contributed by atoms with van der Waals surface area (Å²) in [5.74, 6) is -1.05. The van der Waals surface area contributed by atoms with Crippen LogP contribution in [0.5, 0.6) is 0 Å². The zero-order chi connectivity index (χ0) is 18.6. The molecule has 0 saturated carbocycles. The first-order chi connectivity index (χ1) is 12.5. The fourth-order valence-electron chi connectivity index (χ4n) is 3.25. The van der Waals surface area contributed by atoms with Gasteiger partial charge >= 0.3 is 0 Å². The fraction of sp³-hybridized carbons (Fsp3) is 0.350. The van der Waals surface area contributed by atoms with Crippen molar-refractivity contribution in [2.45, 2.75) is 18.4 Å². The van der Waals surface area contributed by atoms with Crippen molar-refractivity contribution in [2.24, 2.45) is 0 Å². The van der Waals surface area contributed by atoms with Crippen molar-refractivity contribution < 1.29 is 18.7 Å². The lowest BCUT2D eigenvalue weighted by atomic mass is 9.84. The number of nitrogens with one attached hydrogen (secondary N) is 1. The van der Waals surface area contributed by atoms with Gasteiger partial charge in [0.2, 0.25) is 0 Å². The van der Waals surface area contributed by atoms with Gasteiger partial charge in [-0.1, -0.05) is 18.2 Å². The Morgan fingerprint density at radius 1 is 1.08 bits per heavy atom. The monoisotopic (exact) mass is 360 g/mol. The second-order valence-corrected chi connectivity index (χ2v) is 6.65. The van der Waals surface area contributed by atoms with Gasteiger partial charge in [-0.3, -0.25) is 4.79 Å². The fourth-order valence-corrected chi connectivity index (χ4v) is 3.25. The van der Waals surface area contributed by atoms with Crippen molar-refractivity contribution in [2.75, 3.05) is 26.2 Å². The maximum Gasteiger partial charge on any atom is 0.251 e. The SMILES string of the molecule is O=C(NCCN1CCC(O)(c2ccc(F)cc2)CC1)c1cccc(F)c1. The largest absolute Gasteiger partial charge is 0.385 e. The van der Waals surface area contributed by atoms with Crippen LogP contribution in [-0.2, 0) is 5.60 Å². The highest BCUT2D eigenvalue weighted by atomic mass is 19.1. The molecular formula is C20H22F2N2O2. The van der Waals surface area contributed by atoms with Crippen LogP contribution < -0.4 is 5.32 Å². The minimum atomic E-state index is -0.936. The van der Waals surface area contributed by atoms with Crippen LogP contribution in [0, 0.1) is 11.6 Å². The average Bonchev–Trinajstić information content (AvgIpc) is 2.64. The molecule has 1 aliphatic rings. The first-order valence-electron chi connectivity index (χ1n) is 8.71. The summed E-state index contributed by atoms with van der Waals surface area (Å²) in [7, 11) is 0. The first kappa shape index (κ1) is 18.5. The van der Waals surface area contributed by atoms with Gasteiger partial charge in [0, 0.05) is 31.7 Å². The predicted octanol–water partition coefficient (Wildman–Crippen LogP) is 2.68. The van der Waals surface area contributed by atoms with Crippen LogP contribution in [0.3, 0.4) is 0 Å². The summed E-state index contributed by atoms with van der Waals surface area (Å²) in [6.07, 6.45) is 1.10. The number of hydrogen-bond acceptors (Lipinski definition) is 3. The lowest BCUT2D eigenvalue weighted by Crippen LogP contribution is -2.45. The molecule has 1 aliphatic heterocycles. The molecule has 2 aromatic rings. The van der Waals surface area contributed by atoms with Crippen LogP contribution in [-0.4, -0.2) is 42.1 Å². The van der Waals surface area contributed by atoms with E-state index in [1.165, 1.54) is 30.3 Å². The van der Waals surface area contributed by atoms with Crippen molar-refractivity contribution in [3.63, 3.8) is 0 Å². The number of nitrogens with zero attached hydrogens (tertiary/aromatic N) is 1. The standard InChI is InChI=1S/C20H22F2N2O2/c21-17-6-4-16(5-7-17)20(26)8-11-24(12-9-20)13-10-23-19(25)15-2-1-3-18(22)14-15/h1-7,14,26H,8-13H2,(H,23,25). The molecule has 2 aromatic carbocycles. The highest BCUT2D eigenvalue weighted by molar-refractivity contribution is 5.94. The number of carbonyl (C=O) groups excluding carboxylic acids is 1. The van der Waals surface area contributed by atoms with Gasteiger partial charge in [-0.05, 0) is 48.7 Å². The average molecular weight is 360 g/mol. The molecule has 0 aromatic heterocycles. The lowest BCUT2D eigenvalue weighted by Gasteiger charge is -2.38. The van der Waals surface area contributed by atoms with E-state index in [2.05, 4.69) is 10.2 Å². The summed E-state index contributed by atoms with van der Waals surface area (Å²) in [4.78, 5) is 14.1. The van der Waals surface area contributed by atoms with E-state index in [0.29, 0.717) is 44.6 Å². The Morgan fingerprint density at radius 3 is 2.42 bits per heavy atom. The number of halogens is 2. The number of hydrogen-bond donors (Lipinski definition) is 2. The van der Waals surface area contributed by atoms with E-state index in [1.54, 1.807) is 18.2 Å². The van der Waals surface area contributed by atoms with Crippen molar-refractivity contribution in [3.8, 4) is 0 Å². The molecule has 0 atom stereocenters. The zero-order valence-electron chi connectivity index (χ0n) is 14.4. The molecule has 26 heavy (non-hydrogen) atoms. The Labute approximate surface area is 151 Å². The molecule has 0 unspecified atom stereocenters. The number of carbonyl (C=O) groups is 1. The minimum Gasteiger partial charge on any atom is -0.385 e. The number of amides is 1. The summed E-state index contributed by atoms with van der Waals surface area (Å²) < 4.78 is 26.2. The maximum absolute atomic E-state index is 13.1. The molecule has 2 N–H and O–H groups in total. The van der Waals surface area contributed by atoms with Crippen LogP contribution in [0.4, 0.5) is 8.78 Å². The Bertz CT molecular complexity index is 757. The third-order valence-corrected chi connectivity index (χ3v) is 4.87. The summed E-state index contributed by atoms with van der Waals surface area (Å²) in [6, 6.07) is 11.6. The van der Waals surface area contributed by atoms with Gasteiger partial charge in [0.25, 0.3) is 5.91 Å². The number of aliphatic hydroxyl groups is 1. The van der Waals surface area contributed by atoms with Gasteiger partial charge in [0.1, 0.15) is 11.6 Å². The van der Waals surface area contributed by atoms with Crippen LogP contribution in [0.2, 0.25) is 0 Å². The summed E-state index contributed by atoms with van der Waals surface area (Å²) in [6.45, 7) is 2.47. The van der Waals surface area contributed by atoms with E-state index < -0.39 is 11.4 Å².